The minimum absolute atomic E-state index is 0.120. The standard InChI is InChI=1S/C10H8ClNO.C3H9Si/c1-7-12-10(6-13-7)8-2-4-9(11)5-3-8;1-4(2)3/h2-6H,1H3;1-3H3. The van der Waals surface area contributed by atoms with Crippen molar-refractivity contribution < 1.29 is 4.42 Å². The summed E-state index contributed by atoms with van der Waals surface area (Å²) in [5.41, 5.74) is 1.86. The molecule has 0 amide bonds. The highest BCUT2D eigenvalue weighted by Gasteiger charge is 2.01. The smallest absolute Gasteiger partial charge is 0.191 e. The second-order valence-corrected chi connectivity index (χ2v) is 7.70. The minimum atomic E-state index is 0.120. The molecule has 0 unspecified atom stereocenters. The normalized spacial score (nSPS) is 10.0. The van der Waals surface area contributed by atoms with Crippen LogP contribution in [0.3, 0.4) is 0 Å². The molecule has 17 heavy (non-hydrogen) atoms. The molecule has 1 aromatic carbocycles. The molecular formula is C13H17ClNOSi. The molecule has 2 nitrogen and oxygen atoms in total. The number of aryl methyl sites for hydroxylation is 1. The van der Waals surface area contributed by atoms with Crippen LogP contribution in [0.1, 0.15) is 5.89 Å². The van der Waals surface area contributed by atoms with E-state index in [1.807, 2.05) is 31.2 Å². The summed E-state index contributed by atoms with van der Waals surface area (Å²) >= 11 is 5.76. The van der Waals surface area contributed by atoms with Crippen LogP contribution in [-0.4, -0.2) is 13.8 Å². The van der Waals surface area contributed by atoms with Gasteiger partial charge in [0, 0.05) is 26.3 Å². The Kier molecular flexibility index (Phi) is 5.45. The van der Waals surface area contributed by atoms with Crippen molar-refractivity contribution >= 4 is 20.4 Å². The van der Waals surface area contributed by atoms with Gasteiger partial charge in [-0.2, -0.15) is 0 Å². The summed E-state index contributed by atoms with van der Waals surface area (Å²) in [6.07, 6.45) is 1.64. The largest absolute Gasteiger partial charge is 0.449 e. The lowest BCUT2D eigenvalue weighted by Gasteiger charge is -1.94. The third-order valence-corrected chi connectivity index (χ3v) is 2.01. The Labute approximate surface area is 109 Å². The van der Waals surface area contributed by atoms with Crippen LogP contribution in [0.5, 0.6) is 0 Å². The minimum Gasteiger partial charge on any atom is -0.449 e. The van der Waals surface area contributed by atoms with Crippen molar-refractivity contribution in [3.8, 4) is 11.3 Å². The fourth-order valence-corrected chi connectivity index (χ4v) is 1.24. The second kappa shape index (κ2) is 6.62. The van der Waals surface area contributed by atoms with E-state index in [0.717, 1.165) is 16.3 Å². The Morgan fingerprint density at radius 2 is 1.65 bits per heavy atom. The molecular weight excluding hydrogens is 250 g/mol. The monoisotopic (exact) mass is 266 g/mol. The maximum Gasteiger partial charge on any atom is 0.191 e. The Morgan fingerprint density at radius 1 is 1.12 bits per heavy atom. The van der Waals surface area contributed by atoms with Crippen molar-refractivity contribution in [2.75, 3.05) is 0 Å². The van der Waals surface area contributed by atoms with Crippen LogP contribution < -0.4 is 0 Å². The van der Waals surface area contributed by atoms with Gasteiger partial charge in [-0.15, -0.1) is 0 Å². The van der Waals surface area contributed by atoms with E-state index in [1.54, 1.807) is 6.26 Å². The number of oxazole rings is 1. The fourth-order valence-electron chi connectivity index (χ4n) is 1.12. The van der Waals surface area contributed by atoms with Crippen LogP contribution in [0.4, 0.5) is 0 Å². The summed E-state index contributed by atoms with van der Waals surface area (Å²) in [4.78, 5) is 4.20. The van der Waals surface area contributed by atoms with Gasteiger partial charge in [0.05, 0.1) is 0 Å². The first-order valence-electron chi connectivity index (χ1n) is 5.44. The van der Waals surface area contributed by atoms with Crippen LogP contribution >= 0.6 is 11.6 Å². The van der Waals surface area contributed by atoms with E-state index in [-0.39, 0.29) is 8.80 Å². The van der Waals surface area contributed by atoms with Crippen molar-refractivity contribution in [2.24, 2.45) is 0 Å². The van der Waals surface area contributed by atoms with Crippen LogP contribution in [0, 0.1) is 6.92 Å². The summed E-state index contributed by atoms with van der Waals surface area (Å²) in [6, 6.07) is 7.50. The van der Waals surface area contributed by atoms with Gasteiger partial charge in [0.15, 0.2) is 5.89 Å². The molecule has 2 aromatic rings. The van der Waals surface area contributed by atoms with E-state index >= 15 is 0 Å². The summed E-state index contributed by atoms with van der Waals surface area (Å²) in [7, 11) is 0.120. The number of halogens is 1. The lowest BCUT2D eigenvalue weighted by molar-refractivity contribution is 0.521. The van der Waals surface area contributed by atoms with Crippen molar-refractivity contribution in [3.05, 3.63) is 41.4 Å². The van der Waals surface area contributed by atoms with Gasteiger partial charge in [-0.3, -0.25) is 0 Å². The second-order valence-electron chi connectivity index (χ2n) is 4.26. The van der Waals surface area contributed by atoms with E-state index in [9.17, 15) is 0 Å². The van der Waals surface area contributed by atoms with E-state index < -0.39 is 0 Å². The number of aromatic nitrogens is 1. The van der Waals surface area contributed by atoms with Gasteiger partial charge >= 0.3 is 0 Å². The summed E-state index contributed by atoms with van der Waals surface area (Å²) in [5, 5.41) is 0.726. The summed E-state index contributed by atoms with van der Waals surface area (Å²) in [5.74, 6) is 0.671. The molecule has 1 radical (unpaired) electrons. The molecule has 0 N–H and O–H groups in total. The summed E-state index contributed by atoms with van der Waals surface area (Å²) < 4.78 is 5.11. The maximum absolute atomic E-state index is 5.76. The van der Waals surface area contributed by atoms with Gasteiger partial charge in [0.2, 0.25) is 0 Å². The number of benzene rings is 1. The first-order valence-corrected chi connectivity index (χ1v) is 8.81. The van der Waals surface area contributed by atoms with Crippen molar-refractivity contribution in [1.82, 2.24) is 4.98 Å². The van der Waals surface area contributed by atoms with Crippen LogP contribution in [0.15, 0.2) is 34.9 Å². The van der Waals surface area contributed by atoms with Crippen molar-refractivity contribution in [1.29, 1.82) is 0 Å². The maximum atomic E-state index is 5.76. The third kappa shape index (κ3) is 5.19. The molecule has 0 spiro atoms. The summed E-state index contributed by atoms with van der Waals surface area (Å²) in [6.45, 7) is 8.62. The molecule has 0 saturated heterocycles. The molecule has 0 saturated carbocycles. The molecule has 0 aliphatic rings. The molecule has 4 heteroatoms. The zero-order valence-electron chi connectivity index (χ0n) is 10.6. The first-order chi connectivity index (χ1) is 7.99. The molecule has 91 valence electrons. The Bertz CT molecular complexity index is 448. The zero-order valence-corrected chi connectivity index (χ0v) is 12.4. The molecule has 0 atom stereocenters. The fraction of sp³-hybridized carbons (Fsp3) is 0.308. The molecule has 0 aliphatic carbocycles. The Morgan fingerprint density at radius 3 is 2.06 bits per heavy atom. The topological polar surface area (TPSA) is 26.0 Å². The predicted molar refractivity (Wildman–Crippen MR) is 75.0 cm³/mol. The zero-order chi connectivity index (χ0) is 12.8. The number of nitrogens with zero attached hydrogens (tertiary/aromatic N) is 1. The van der Waals surface area contributed by atoms with Crippen molar-refractivity contribution in [2.45, 2.75) is 26.6 Å². The molecule has 1 heterocycles. The molecule has 2 rings (SSSR count). The van der Waals surface area contributed by atoms with Gasteiger partial charge in [0.1, 0.15) is 12.0 Å². The highest BCUT2D eigenvalue weighted by atomic mass is 35.5. The van der Waals surface area contributed by atoms with Crippen molar-refractivity contribution in [3.63, 3.8) is 0 Å². The van der Waals surface area contributed by atoms with Gasteiger partial charge in [-0.25, -0.2) is 4.98 Å². The lowest BCUT2D eigenvalue weighted by atomic mass is 10.2. The van der Waals surface area contributed by atoms with E-state index in [4.69, 9.17) is 16.0 Å². The number of hydrogen-bond acceptors (Lipinski definition) is 2. The molecule has 1 aromatic heterocycles. The van der Waals surface area contributed by atoms with Crippen LogP contribution in [0.25, 0.3) is 11.3 Å². The molecule has 0 fully saturated rings. The average Bonchev–Trinajstić information content (AvgIpc) is 2.65. The highest BCUT2D eigenvalue weighted by Crippen LogP contribution is 2.20. The third-order valence-electron chi connectivity index (χ3n) is 1.76. The van der Waals surface area contributed by atoms with E-state index in [0.29, 0.717) is 5.89 Å². The average molecular weight is 267 g/mol. The lowest BCUT2D eigenvalue weighted by Crippen LogP contribution is -1.84. The van der Waals surface area contributed by atoms with Crippen LogP contribution in [-0.2, 0) is 0 Å². The molecule has 0 bridgehead atoms. The van der Waals surface area contributed by atoms with Gasteiger partial charge in [-0.1, -0.05) is 43.4 Å². The van der Waals surface area contributed by atoms with Gasteiger partial charge < -0.3 is 4.42 Å². The first kappa shape index (κ1) is 14.0. The highest BCUT2D eigenvalue weighted by molar-refractivity contribution is 6.54. The van der Waals surface area contributed by atoms with E-state index in [1.165, 1.54) is 0 Å². The molecule has 0 aliphatic heterocycles. The Hall–Kier alpha value is -1.06. The van der Waals surface area contributed by atoms with Gasteiger partial charge in [-0.05, 0) is 12.1 Å². The SMILES string of the molecule is C[Si](C)C.Cc1nc(-c2ccc(Cl)cc2)co1. The predicted octanol–water partition coefficient (Wildman–Crippen LogP) is 4.67. The number of rotatable bonds is 1. The van der Waals surface area contributed by atoms with Gasteiger partial charge in [0.25, 0.3) is 0 Å². The quantitative estimate of drug-likeness (QED) is 0.701. The van der Waals surface area contributed by atoms with Crippen LogP contribution in [0.2, 0.25) is 24.7 Å². The Balaban J connectivity index is 0.000000317. The van der Waals surface area contributed by atoms with E-state index in [2.05, 4.69) is 24.6 Å². The number of hydrogen-bond donors (Lipinski definition) is 0.